The van der Waals surface area contributed by atoms with Crippen molar-refractivity contribution in [3.63, 3.8) is 0 Å². The zero-order valence-electron chi connectivity index (χ0n) is 13.3. The third-order valence-electron chi connectivity index (χ3n) is 3.47. The Bertz CT molecular complexity index is 497. The summed E-state index contributed by atoms with van der Waals surface area (Å²) < 4.78 is 5.28. The number of amides is 1. The minimum absolute atomic E-state index is 0.319. The van der Waals surface area contributed by atoms with E-state index in [1.807, 2.05) is 40.0 Å². The second kappa shape index (κ2) is 6.33. The molecule has 5 nitrogen and oxygen atoms in total. The molecule has 1 aromatic heterocycles. The largest absolute Gasteiger partial charge is 0.444 e. The Morgan fingerprint density at radius 1 is 1.52 bits per heavy atom. The van der Waals surface area contributed by atoms with E-state index < -0.39 is 5.60 Å². The van der Waals surface area contributed by atoms with Crippen molar-refractivity contribution in [1.29, 1.82) is 0 Å². The third-order valence-corrected chi connectivity index (χ3v) is 3.47. The topological polar surface area (TPSA) is 54.5 Å². The van der Waals surface area contributed by atoms with Crippen molar-refractivity contribution >= 4 is 11.8 Å². The highest BCUT2D eigenvalue weighted by Gasteiger charge is 2.26. The molecule has 21 heavy (non-hydrogen) atoms. The minimum Gasteiger partial charge on any atom is -0.444 e. The van der Waals surface area contributed by atoms with Crippen molar-refractivity contribution in [3.8, 4) is 0 Å². The van der Waals surface area contributed by atoms with Gasteiger partial charge in [0.1, 0.15) is 5.60 Å². The first-order chi connectivity index (χ1) is 9.85. The Labute approximate surface area is 126 Å². The maximum absolute atomic E-state index is 11.8. The van der Waals surface area contributed by atoms with E-state index in [4.69, 9.17) is 4.74 Å². The molecule has 5 heteroatoms. The quantitative estimate of drug-likeness (QED) is 0.930. The van der Waals surface area contributed by atoms with Crippen LogP contribution >= 0.6 is 0 Å². The number of nitrogens with one attached hydrogen (secondary N) is 1. The van der Waals surface area contributed by atoms with Crippen molar-refractivity contribution in [1.82, 2.24) is 10.3 Å². The Morgan fingerprint density at radius 2 is 2.29 bits per heavy atom. The maximum atomic E-state index is 11.8. The molecule has 0 spiro atoms. The van der Waals surface area contributed by atoms with Crippen molar-refractivity contribution in [2.45, 2.75) is 52.2 Å². The summed E-state index contributed by atoms with van der Waals surface area (Å²) in [5, 5.41) is 2.88. The Morgan fingerprint density at radius 3 is 2.95 bits per heavy atom. The highest BCUT2D eigenvalue weighted by atomic mass is 16.6. The van der Waals surface area contributed by atoms with Gasteiger partial charge in [-0.15, -0.1) is 0 Å². The van der Waals surface area contributed by atoms with Crippen LogP contribution in [0.2, 0.25) is 0 Å². The smallest absolute Gasteiger partial charge is 0.407 e. The predicted octanol–water partition coefficient (Wildman–Crippen LogP) is 2.88. The van der Waals surface area contributed by atoms with Crippen molar-refractivity contribution in [2.24, 2.45) is 0 Å². The predicted molar refractivity (Wildman–Crippen MR) is 83.6 cm³/mol. The van der Waals surface area contributed by atoms with Gasteiger partial charge in [-0.2, -0.15) is 0 Å². The number of carbonyl (C=O) groups is 1. The van der Waals surface area contributed by atoms with E-state index in [0.717, 1.165) is 25.1 Å². The number of nitrogens with zero attached hydrogens (tertiary/aromatic N) is 2. The molecule has 1 aliphatic rings. The average Bonchev–Trinajstić information content (AvgIpc) is 2.82. The second-order valence-electron chi connectivity index (χ2n) is 6.53. The minimum atomic E-state index is -0.457. The van der Waals surface area contributed by atoms with Crippen LogP contribution in [0.1, 0.15) is 39.3 Å². The Balaban J connectivity index is 1.92. The zero-order chi connectivity index (χ0) is 15.5. The van der Waals surface area contributed by atoms with Crippen LogP contribution in [0.15, 0.2) is 18.3 Å². The van der Waals surface area contributed by atoms with Gasteiger partial charge in [0, 0.05) is 36.7 Å². The fraction of sp³-hybridized carbons (Fsp3) is 0.625. The fourth-order valence-corrected chi connectivity index (χ4v) is 2.61. The number of pyridine rings is 1. The standard InChI is InChI=1S/C16H25N3O2/c1-12-10-13(7-8-17-12)19-9-5-6-14(19)11-18-15(20)21-16(2,3)4/h7-8,10,14H,5-6,9,11H2,1-4H3,(H,18,20). The molecule has 1 saturated heterocycles. The van der Waals surface area contributed by atoms with E-state index >= 15 is 0 Å². The number of rotatable bonds is 3. The molecule has 0 bridgehead atoms. The lowest BCUT2D eigenvalue weighted by atomic mass is 10.2. The van der Waals surface area contributed by atoms with Gasteiger partial charge in [-0.05, 0) is 52.7 Å². The van der Waals surface area contributed by atoms with E-state index in [-0.39, 0.29) is 6.09 Å². The normalized spacial score (nSPS) is 18.7. The molecule has 1 atom stereocenters. The van der Waals surface area contributed by atoms with Gasteiger partial charge in [0.15, 0.2) is 0 Å². The van der Waals surface area contributed by atoms with Gasteiger partial charge in [-0.25, -0.2) is 4.79 Å². The SMILES string of the molecule is Cc1cc(N2CCCC2CNC(=O)OC(C)(C)C)ccn1. The number of aryl methyl sites for hydroxylation is 1. The van der Waals surface area contributed by atoms with Crippen LogP contribution in [-0.4, -0.2) is 35.8 Å². The first-order valence-electron chi connectivity index (χ1n) is 7.51. The lowest BCUT2D eigenvalue weighted by Crippen LogP contribution is -2.42. The van der Waals surface area contributed by atoms with E-state index in [1.165, 1.54) is 5.69 Å². The lowest BCUT2D eigenvalue weighted by Gasteiger charge is -2.28. The van der Waals surface area contributed by atoms with Gasteiger partial charge < -0.3 is 15.0 Å². The van der Waals surface area contributed by atoms with Crippen LogP contribution in [0.3, 0.4) is 0 Å². The van der Waals surface area contributed by atoms with Crippen molar-refractivity contribution in [3.05, 3.63) is 24.0 Å². The molecule has 1 aliphatic heterocycles. The summed E-state index contributed by atoms with van der Waals surface area (Å²) in [5.41, 5.74) is 1.73. The molecule has 0 aromatic carbocycles. The number of alkyl carbamates (subject to hydrolysis) is 1. The van der Waals surface area contributed by atoms with Crippen LogP contribution in [0.4, 0.5) is 10.5 Å². The fourth-order valence-electron chi connectivity index (χ4n) is 2.61. The summed E-state index contributed by atoms with van der Waals surface area (Å²) >= 11 is 0. The molecule has 2 heterocycles. The molecule has 0 saturated carbocycles. The molecule has 1 N–H and O–H groups in total. The van der Waals surface area contributed by atoms with Crippen LogP contribution in [0.25, 0.3) is 0 Å². The summed E-state index contributed by atoms with van der Waals surface area (Å²) in [6.45, 7) is 9.23. The van der Waals surface area contributed by atoms with Gasteiger partial charge in [-0.3, -0.25) is 4.98 Å². The van der Waals surface area contributed by atoms with E-state index in [9.17, 15) is 4.79 Å². The highest BCUT2D eigenvalue weighted by Crippen LogP contribution is 2.25. The Hall–Kier alpha value is -1.78. The number of hydrogen-bond acceptors (Lipinski definition) is 4. The van der Waals surface area contributed by atoms with Crippen molar-refractivity contribution < 1.29 is 9.53 Å². The van der Waals surface area contributed by atoms with Gasteiger partial charge in [0.25, 0.3) is 0 Å². The van der Waals surface area contributed by atoms with Crippen LogP contribution in [0.5, 0.6) is 0 Å². The molecule has 1 fully saturated rings. The molecule has 1 unspecified atom stereocenters. The average molecular weight is 291 g/mol. The van der Waals surface area contributed by atoms with Gasteiger partial charge in [-0.1, -0.05) is 0 Å². The van der Waals surface area contributed by atoms with E-state index in [2.05, 4.69) is 21.3 Å². The Kier molecular flexibility index (Phi) is 4.70. The monoisotopic (exact) mass is 291 g/mol. The zero-order valence-corrected chi connectivity index (χ0v) is 13.3. The van der Waals surface area contributed by atoms with E-state index in [1.54, 1.807) is 0 Å². The summed E-state index contributed by atoms with van der Waals surface area (Å²) in [4.78, 5) is 18.3. The van der Waals surface area contributed by atoms with Crippen LogP contribution < -0.4 is 10.2 Å². The number of anilines is 1. The van der Waals surface area contributed by atoms with Gasteiger partial charge in [0.05, 0.1) is 0 Å². The number of ether oxygens (including phenoxy) is 1. The first-order valence-corrected chi connectivity index (χ1v) is 7.51. The summed E-state index contributed by atoms with van der Waals surface area (Å²) in [5.74, 6) is 0. The molecule has 1 aromatic rings. The second-order valence-corrected chi connectivity index (χ2v) is 6.53. The molecular weight excluding hydrogens is 266 g/mol. The number of carbonyl (C=O) groups excluding carboxylic acids is 1. The molecule has 1 amide bonds. The summed E-state index contributed by atoms with van der Waals surface area (Å²) in [6, 6.07) is 4.43. The summed E-state index contributed by atoms with van der Waals surface area (Å²) in [7, 11) is 0. The molecular formula is C16H25N3O2. The van der Waals surface area contributed by atoms with Crippen molar-refractivity contribution in [2.75, 3.05) is 18.0 Å². The summed E-state index contributed by atoms with van der Waals surface area (Å²) in [6.07, 6.45) is 3.71. The number of hydrogen-bond donors (Lipinski definition) is 1. The third kappa shape index (κ3) is 4.62. The van der Waals surface area contributed by atoms with Gasteiger partial charge >= 0.3 is 6.09 Å². The highest BCUT2D eigenvalue weighted by molar-refractivity contribution is 5.67. The molecule has 116 valence electrons. The molecule has 0 aliphatic carbocycles. The lowest BCUT2D eigenvalue weighted by molar-refractivity contribution is 0.0525. The van der Waals surface area contributed by atoms with Crippen LogP contribution in [0, 0.1) is 6.92 Å². The van der Waals surface area contributed by atoms with Gasteiger partial charge in [0.2, 0.25) is 0 Å². The van der Waals surface area contributed by atoms with Crippen LogP contribution in [-0.2, 0) is 4.74 Å². The first kappa shape index (κ1) is 15.6. The maximum Gasteiger partial charge on any atom is 0.407 e. The molecule has 0 radical (unpaired) electrons. The van der Waals surface area contributed by atoms with E-state index in [0.29, 0.717) is 12.6 Å². The number of aromatic nitrogens is 1. The molecule has 2 rings (SSSR count).